The van der Waals surface area contributed by atoms with Gasteiger partial charge in [-0.25, -0.2) is 4.98 Å². The molecule has 1 N–H and O–H groups in total. The molecule has 0 radical (unpaired) electrons. The molecule has 1 amide bonds. The van der Waals surface area contributed by atoms with Gasteiger partial charge in [0.2, 0.25) is 5.91 Å². The number of thioether (sulfide) groups is 1. The summed E-state index contributed by atoms with van der Waals surface area (Å²) in [7, 11) is 1.26. The van der Waals surface area contributed by atoms with Crippen molar-refractivity contribution in [1.82, 2.24) is 14.9 Å². The lowest BCUT2D eigenvalue weighted by Crippen LogP contribution is -2.44. The Labute approximate surface area is 156 Å². The minimum absolute atomic E-state index is 0.172. The fourth-order valence-corrected chi connectivity index (χ4v) is 3.16. The molecule has 0 aliphatic heterocycles. The van der Waals surface area contributed by atoms with Crippen molar-refractivity contribution in [3.8, 4) is 0 Å². The van der Waals surface area contributed by atoms with Gasteiger partial charge in [-0.3, -0.25) is 19.0 Å². The van der Waals surface area contributed by atoms with Crippen molar-refractivity contribution in [2.75, 3.05) is 7.11 Å². The van der Waals surface area contributed by atoms with Crippen LogP contribution in [-0.4, -0.2) is 39.3 Å². The van der Waals surface area contributed by atoms with Crippen molar-refractivity contribution in [3.05, 3.63) is 34.6 Å². The Bertz CT molecular complexity index is 886. The number of hydrogen-bond donors (Lipinski definition) is 1. The normalized spacial score (nSPS) is 12.7. The van der Waals surface area contributed by atoms with Gasteiger partial charge in [0.1, 0.15) is 6.54 Å². The fraction of sp³-hybridized carbons (Fsp3) is 0.444. The average Bonchev–Trinajstić information content (AvgIpc) is 2.56. The zero-order valence-electron chi connectivity index (χ0n) is 15.5. The molecule has 8 heteroatoms. The van der Waals surface area contributed by atoms with Gasteiger partial charge < -0.3 is 10.1 Å². The van der Waals surface area contributed by atoms with Crippen molar-refractivity contribution >= 4 is 34.5 Å². The number of nitrogens with zero attached hydrogens (tertiary/aromatic N) is 2. The van der Waals surface area contributed by atoms with E-state index in [1.807, 2.05) is 20.8 Å². The van der Waals surface area contributed by atoms with Gasteiger partial charge in [-0.15, -0.1) is 0 Å². The Morgan fingerprint density at radius 1 is 1.31 bits per heavy atom. The molecule has 1 aromatic heterocycles. The second-order valence-electron chi connectivity index (χ2n) is 6.88. The van der Waals surface area contributed by atoms with Crippen LogP contribution >= 0.6 is 11.8 Å². The Hall–Kier alpha value is -2.35. The molecule has 0 aliphatic carbocycles. The number of ether oxygens (including phenoxy) is 1. The monoisotopic (exact) mass is 377 g/mol. The number of fused-ring (bicyclic) bond motifs is 1. The number of hydrogen-bond acceptors (Lipinski definition) is 6. The number of carbonyl (C=O) groups is 2. The maximum Gasteiger partial charge on any atom is 0.325 e. The maximum absolute atomic E-state index is 12.8. The van der Waals surface area contributed by atoms with E-state index >= 15 is 0 Å². The molecule has 1 heterocycles. The third kappa shape index (κ3) is 4.85. The highest BCUT2D eigenvalue weighted by Crippen LogP contribution is 2.23. The summed E-state index contributed by atoms with van der Waals surface area (Å²) in [6.07, 6.45) is 0. The number of nitrogens with one attached hydrogen (secondary N) is 1. The van der Waals surface area contributed by atoms with Crippen molar-refractivity contribution < 1.29 is 14.3 Å². The number of carbonyl (C=O) groups excluding carboxylic acids is 2. The van der Waals surface area contributed by atoms with Crippen LogP contribution in [0.1, 0.15) is 27.7 Å². The van der Waals surface area contributed by atoms with Crippen LogP contribution in [0.2, 0.25) is 0 Å². The highest BCUT2D eigenvalue weighted by atomic mass is 32.2. The van der Waals surface area contributed by atoms with Gasteiger partial charge in [0.15, 0.2) is 5.16 Å². The number of rotatable bonds is 5. The summed E-state index contributed by atoms with van der Waals surface area (Å²) in [6.45, 7) is 7.15. The fourth-order valence-electron chi connectivity index (χ4n) is 2.25. The van der Waals surface area contributed by atoms with Crippen molar-refractivity contribution in [1.29, 1.82) is 0 Å². The summed E-state index contributed by atoms with van der Waals surface area (Å²) in [6, 6.07) is 6.90. The lowest BCUT2D eigenvalue weighted by Gasteiger charge is -2.23. The zero-order valence-corrected chi connectivity index (χ0v) is 16.3. The third-order valence-corrected chi connectivity index (χ3v) is 4.58. The van der Waals surface area contributed by atoms with Crippen molar-refractivity contribution in [2.45, 2.75) is 50.2 Å². The van der Waals surface area contributed by atoms with E-state index in [1.54, 1.807) is 31.2 Å². The molecule has 1 atom stereocenters. The summed E-state index contributed by atoms with van der Waals surface area (Å²) in [4.78, 5) is 41.4. The zero-order chi connectivity index (χ0) is 19.5. The predicted octanol–water partition coefficient (Wildman–Crippen LogP) is 1.96. The van der Waals surface area contributed by atoms with E-state index in [4.69, 9.17) is 0 Å². The average molecular weight is 377 g/mol. The Balaban J connectivity index is 2.44. The first-order valence-corrected chi connectivity index (χ1v) is 9.05. The molecule has 0 spiro atoms. The van der Waals surface area contributed by atoms with E-state index in [2.05, 4.69) is 15.0 Å². The van der Waals surface area contributed by atoms with E-state index in [9.17, 15) is 14.4 Å². The number of methoxy groups -OCH3 is 1. The van der Waals surface area contributed by atoms with E-state index in [0.717, 1.165) is 11.8 Å². The van der Waals surface area contributed by atoms with Crippen LogP contribution in [0.25, 0.3) is 10.9 Å². The Morgan fingerprint density at radius 2 is 1.96 bits per heavy atom. The third-order valence-electron chi connectivity index (χ3n) is 3.49. The highest BCUT2D eigenvalue weighted by Gasteiger charge is 2.23. The van der Waals surface area contributed by atoms with Crippen LogP contribution < -0.4 is 10.9 Å². The van der Waals surface area contributed by atoms with E-state index in [0.29, 0.717) is 16.1 Å². The minimum Gasteiger partial charge on any atom is -0.468 e. The number of para-hydroxylation sites is 1. The summed E-state index contributed by atoms with van der Waals surface area (Å²) >= 11 is 1.13. The highest BCUT2D eigenvalue weighted by molar-refractivity contribution is 8.00. The van der Waals surface area contributed by atoms with E-state index in [1.165, 1.54) is 11.7 Å². The molecule has 2 rings (SSSR count). The smallest absolute Gasteiger partial charge is 0.325 e. The van der Waals surface area contributed by atoms with Gasteiger partial charge in [-0.05, 0) is 39.8 Å². The van der Waals surface area contributed by atoms with Gasteiger partial charge in [-0.2, -0.15) is 0 Å². The molecule has 0 aliphatic rings. The molecule has 26 heavy (non-hydrogen) atoms. The first-order chi connectivity index (χ1) is 12.1. The summed E-state index contributed by atoms with van der Waals surface area (Å²) in [5, 5.41) is 3.11. The topological polar surface area (TPSA) is 90.3 Å². The van der Waals surface area contributed by atoms with E-state index in [-0.39, 0.29) is 23.6 Å². The maximum atomic E-state index is 12.8. The van der Waals surface area contributed by atoms with Crippen molar-refractivity contribution in [3.63, 3.8) is 0 Å². The number of aromatic nitrogens is 2. The lowest BCUT2D eigenvalue weighted by molar-refractivity contribution is -0.141. The van der Waals surface area contributed by atoms with Gasteiger partial charge in [0, 0.05) is 5.54 Å². The van der Waals surface area contributed by atoms with Crippen LogP contribution in [0.15, 0.2) is 34.2 Å². The molecule has 1 aromatic carbocycles. The Kier molecular flexibility index (Phi) is 6.07. The number of amides is 1. The van der Waals surface area contributed by atoms with Crippen LogP contribution in [0, 0.1) is 0 Å². The summed E-state index contributed by atoms with van der Waals surface area (Å²) in [5.74, 6) is -0.729. The first kappa shape index (κ1) is 20.0. The van der Waals surface area contributed by atoms with Gasteiger partial charge in [0.25, 0.3) is 5.56 Å². The molecule has 0 unspecified atom stereocenters. The van der Waals surface area contributed by atoms with Crippen LogP contribution in [0.4, 0.5) is 0 Å². The largest absolute Gasteiger partial charge is 0.468 e. The second-order valence-corrected chi connectivity index (χ2v) is 8.19. The second kappa shape index (κ2) is 7.90. The van der Waals surface area contributed by atoms with Gasteiger partial charge in [-0.1, -0.05) is 23.9 Å². The van der Waals surface area contributed by atoms with Crippen molar-refractivity contribution in [2.24, 2.45) is 0 Å². The van der Waals surface area contributed by atoms with Crippen LogP contribution in [-0.2, 0) is 20.9 Å². The number of benzene rings is 1. The molecule has 7 nitrogen and oxygen atoms in total. The molecular formula is C18H23N3O4S. The molecular weight excluding hydrogens is 354 g/mol. The lowest BCUT2D eigenvalue weighted by atomic mass is 10.1. The first-order valence-electron chi connectivity index (χ1n) is 8.17. The quantitative estimate of drug-likeness (QED) is 0.487. The summed E-state index contributed by atoms with van der Waals surface area (Å²) < 4.78 is 5.93. The molecule has 0 bridgehead atoms. The Morgan fingerprint density at radius 3 is 2.58 bits per heavy atom. The molecule has 0 saturated heterocycles. The molecule has 2 aromatic rings. The summed E-state index contributed by atoms with van der Waals surface area (Å²) in [5.41, 5.74) is -0.189. The van der Waals surface area contributed by atoms with Gasteiger partial charge in [0.05, 0.1) is 23.3 Å². The molecule has 140 valence electrons. The standard InChI is InChI=1S/C18H23N3O4S/c1-11(15(23)20-18(2,3)4)26-17-19-13-9-7-6-8-12(13)16(24)21(17)10-14(22)25-5/h6-9,11H,10H2,1-5H3,(H,20,23)/t11-/m0/s1. The van der Waals surface area contributed by atoms with E-state index < -0.39 is 11.2 Å². The van der Waals surface area contributed by atoms with Crippen LogP contribution in [0.3, 0.4) is 0 Å². The molecule has 0 saturated carbocycles. The van der Waals surface area contributed by atoms with Crippen LogP contribution in [0.5, 0.6) is 0 Å². The minimum atomic E-state index is -0.558. The predicted molar refractivity (Wildman–Crippen MR) is 101 cm³/mol. The van der Waals surface area contributed by atoms with Gasteiger partial charge >= 0.3 is 5.97 Å². The number of esters is 1. The SMILES string of the molecule is COC(=O)Cn1c(S[C@@H](C)C(=O)NC(C)(C)C)nc2ccccc2c1=O. The molecule has 0 fully saturated rings.